The van der Waals surface area contributed by atoms with Gasteiger partial charge < -0.3 is 9.80 Å². The highest BCUT2D eigenvalue weighted by atomic mass is 35.5. The van der Waals surface area contributed by atoms with E-state index in [1.54, 1.807) is 34.8 Å². The van der Waals surface area contributed by atoms with E-state index in [9.17, 15) is 4.79 Å². The molecule has 0 aliphatic carbocycles. The van der Waals surface area contributed by atoms with Gasteiger partial charge in [0.15, 0.2) is 11.5 Å². The van der Waals surface area contributed by atoms with E-state index in [1.165, 1.54) is 0 Å². The van der Waals surface area contributed by atoms with Crippen LogP contribution in [0.15, 0.2) is 6.20 Å². The fraction of sp³-hybridized carbons (Fsp3) is 0.455. The lowest BCUT2D eigenvalue weighted by Crippen LogP contribution is -2.29. The number of fused-ring (bicyclic) bond motifs is 1. The van der Waals surface area contributed by atoms with E-state index < -0.39 is 0 Å². The maximum atomic E-state index is 11.8. The molecule has 1 saturated heterocycles. The molecule has 8 heteroatoms. The molecule has 0 radical (unpaired) electrons. The molecule has 100 valence electrons. The predicted octanol–water partition coefficient (Wildman–Crippen LogP) is 0.884. The summed E-state index contributed by atoms with van der Waals surface area (Å²) in [6.45, 7) is 1.77. The van der Waals surface area contributed by atoms with Crippen molar-refractivity contribution >= 4 is 28.7 Å². The van der Waals surface area contributed by atoms with Gasteiger partial charge in [-0.25, -0.2) is 14.8 Å². The van der Waals surface area contributed by atoms with Crippen molar-refractivity contribution in [1.82, 2.24) is 29.5 Å². The number of hydrogen-bond acceptors (Lipinski definition) is 4. The number of hydrogen-bond donors (Lipinski definition) is 0. The van der Waals surface area contributed by atoms with E-state index in [4.69, 9.17) is 11.6 Å². The molecule has 1 fully saturated rings. The molecule has 2 amide bonds. The standard InChI is InChI=1S/C11H13ClN6O/c1-16-3-4-18(11(16)19)6-8-14-9(12)7-5-13-17(2)10(7)15-8/h5H,3-4,6H2,1-2H3. The van der Waals surface area contributed by atoms with Crippen LogP contribution in [-0.4, -0.2) is 55.7 Å². The van der Waals surface area contributed by atoms with Crippen LogP contribution in [0.3, 0.4) is 0 Å². The Balaban J connectivity index is 1.93. The SMILES string of the molecule is CN1CCN(Cc2nc(Cl)c3cnn(C)c3n2)C1=O. The topological polar surface area (TPSA) is 67.2 Å². The fourth-order valence-corrected chi connectivity index (χ4v) is 2.35. The molecular formula is C11H13ClN6O. The van der Waals surface area contributed by atoms with Crippen molar-refractivity contribution in [2.45, 2.75) is 6.54 Å². The van der Waals surface area contributed by atoms with Crippen molar-refractivity contribution in [3.05, 3.63) is 17.2 Å². The molecule has 7 nitrogen and oxygen atoms in total. The zero-order valence-electron chi connectivity index (χ0n) is 10.7. The van der Waals surface area contributed by atoms with Crippen molar-refractivity contribution in [1.29, 1.82) is 0 Å². The average molecular weight is 281 g/mol. The maximum absolute atomic E-state index is 11.8. The van der Waals surface area contributed by atoms with E-state index in [2.05, 4.69) is 15.1 Å². The maximum Gasteiger partial charge on any atom is 0.320 e. The van der Waals surface area contributed by atoms with E-state index >= 15 is 0 Å². The van der Waals surface area contributed by atoms with Gasteiger partial charge in [0.1, 0.15) is 5.15 Å². The van der Waals surface area contributed by atoms with Crippen LogP contribution in [0.4, 0.5) is 4.79 Å². The van der Waals surface area contributed by atoms with Crippen LogP contribution in [0.1, 0.15) is 5.82 Å². The molecule has 19 heavy (non-hydrogen) atoms. The highest BCUT2D eigenvalue weighted by Crippen LogP contribution is 2.20. The van der Waals surface area contributed by atoms with Crippen LogP contribution >= 0.6 is 11.6 Å². The summed E-state index contributed by atoms with van der Waals surface area (Å²) in [5.41, 5.74) is 0.676. The number of urea groups is 1. The second-order valence-corrected chi connectivity index (χ2v) is 4.92. The number of nitrogens with zero attached hydrogens (tertiary/aromatic N) is 6. The van der Waals surface area contributed by atoms with Crippen LogP contribution in [0, 0.1) is 0 Å². The molecule has 1 aliphatic heterocycles. The number of rotatable bonds is 2. The third kappa shape index (κ3) is 1.99. The summed E-state index contributed by atoms with van der Waals surface area (Å²) in [6, 6.07) is -0.00942. The molecule has 3 heterocycles. The number of carbonyl (C=O) groups is 1. The highest BCUT2D eigenvalue weighted by molar-refractivity contribution is 6.33. The lowest BCUT2D eigenvalue weighted by molar-refractivity contribution is 0.196. The summed E-state index contributed by atoms with van der Waals surface area (Å²) in [5, 5.41) is 5.19. The predicted molar refractivity (Wildman–Crippen MR) is 69.8 cm³/mol. The number of halogens is 1. The first-order chi connectivity index (χ1) is 9.06. The third-order valence-electron chi connectivity index (χ3n) is 3.23. The number of aromatic nitrogens is 4. The molecular weight excluding hydrogens is 268 g/mol. The first kappa shape index (κ1) is 12.2. The molecule has 0 N–H and O–H groups in total. The molecule has 2 aromatic rings. The largest absolute Gasteiger partial charge is 0.326 e. The molecule has 0 aromatic carbocycles. The minimum absolute atomic E-state index is 0.00942. The summed E-state index contributed by atoms with van der Waals surface area (Å²) in [6.07, 6.45) is 1.64. The van der Waals surface area contributed by atoms with Gasteiger partial charge in [-0.15, -0.1) is 0 Å². The Morgan fingerprint density at radius 2 is 2.11 bits per heavy atom. The van der Waals surface area contributed by atoms with Gasteiger partial charge in [0.05, 0.1) is 18.1 Å². The molecule has 2 aromatic heterocycles. The van der Waals surface area contributed by atoms with Gasteiger partial charge in [0, 0.05) is 27.2 Å². The Hall–Kier alpha value is -1.89. The normalized spacial score (nSPS) is 15.8. The minimum atomic E-state index is -0.00942. The van der Waals surface area contributed by atoms with Gasteiger partial charge in [-0.05, 0) is 0 Å². The van der Waals surface area contributed by atoms with Crippen molar-refractivity contribution in [2.75, 3.05) is 20.1 Å². The third-order valence-corrected chi connectivity index (χ3v) is 3.51. The van der Waals surface area contributed by atoms with Crippen LogP contribution in [0.5, 0.6) is 0 Å². The van der Waals surface area contributed by atoms with Crippen molar-refractivity contribution in [3.8, 4) is 0 Å². The number of amides is 2. The second-order valence-electron chi connectivity index (χ2n) is 4.56. The Labute approximate surface area is 114 Å². The van der Waals surface area contributed by atoms with E-state index in [0.29, 0.717) is 29.7 Å². The minimum Gasteiger partial charge on any atom is -0.326 e. The zero-order chi connectivity index (χ0) is 13.6. The molecule has 0 unspecified atom stereocenters. The lowest BCUT2D eigenvalue weighted by atomic mass is 10.4. The summed E-state index contributed by atoms with van der Waals surface area (Å²) in [7, 11) is 3.57. The smallest absolute Gasteiger partial charge is 0.320 e. The Kier molecular flexibility index (Phi) is 2.78. The zero-order valence-corrected chi connectivity index (χ0v) is 11.4. The Bertz CT molecular complexity index is 654. The number of aryl methyl sites for hydroxylation is 1. The lowest BCUT2D eigenvalue weighted by Gasteiger charge is -2.14. The molecule has 0 saturated carbocycles. The van der Waals surface area contributed by atoms with E-state index in [1.807, 2.05) is 0 Å². The van der Waals surface area contributed by atoms with Gasteiger partial charge in [-0.1, -0.05) is 11.6 Å². The van der Waals surface area contributed by atoms with E-state index in [-0.39, 0.29) is 6.03 Å². The molecule has 0 spiro atoms. The van der Waals surface area contributed by atoms with Crippen molar-refractivity contribution < 1.29 is 4.79 Å². The van der Waals surface area contributed by atoms with Crippen LogP contribution in [-0.2, 0) is 13.6 Å². The Morgan fingerprint density at radius 3 is 2.79 bits per heavy atom. The summed E-state index contributed by atoms with van der Waals surface area (Å²) < 4.78 is 1.64. The van der Waals surface area contributed by atoms with Gasteiger partial charge in [-0.2, -0.15) is 5.10 Å². The average Bonchev–Trinajstić information content (AvgIpc) is 2.89. The summed E-state index contributed by atoms with van der Waals surface area (Å²) in [4.78, 5) is 23.8. The molecule has 0 atom stereocenters. The van der Waals surface area contributed by atoms with E-state index in [0.717, 1.165) is 11.9 Å². The van der Waals surface area contributed by atoms with Gasteiger partial charge in [0.25, 0.3) is 0 Å². The monoisotopic (exact) mass is 280 g/mol. The van der Waals surface area contributed by atoms with Crippen LogP contribution in [0.25, 0.3) is 11.0 Å². The molecule has 0 bridgehead atoms. The van der Waals surface area contributed by atoms with Gasteiger partial charge in [-0.3, -0.25) is 4.68 Å². The second kappa shape index (κ2) is 4.34. The number of likely N-dealkylation sites (N-methyl/N-ethyl adjacent to an activating group) is 1. The van der Waals surface area contributed by atoms with Crippen LogP contribution in [0.2, 0.25) is 5.15 Å². The Morgan fingerprint density at radius 1 is 1.32 bits per heavy atom. The fourth-order valence-electron chi connectivity index (χ4n) is 2.12. The van der Waals surface area contributed by atoms with Gasteiger partial charge >= 0.3 is 6.03 Å². The highest BCUT2D eigenvalue weighted by Gasteiger charge is 2.26. The summed E-state index contributed by atoms with van der Waals surface area (Å²) in [5.74, 6) is 0.532. The van der Waals surface area contributed by atoms with Crippen molar-refractivity contribution in [2.24, 2.45) is 7.05 Å². The van der Waals surface area contributed by atoms with Gasteiger partial charge in [0.2, 0.25) is 0 Å². The first-order valence-corrected chi connectivity index (χ1v) is 6.28. The quantitative estimate of drug-likeness (QED) is 0.766. The molecule has 3 rings (SSSR count). The first-order valence-electron chi connectivity index (χ1n) is 5.90. The number of carbonyl (C=O) groups excluding carboxylic acids is 1. The summed E-state index contributed by atoms with van der Waals surface area (Å²) >= 11 is 6.11. The van der Waals surface area contributed by atoms with Crippen molar-refractivity contribution in [3.63, 3.8) is 0 Å². The van der Waals surface area contributed by atoms with Crippen LogP contribution < -0.4 is 0 Å². The molecule has 1 aliphatic rings.